The van der Waals surface area contributed by atoms with Crippen LogP contribution in [0, 0.1) is 12.7 Å². The molecule has 0 aliphatic carbocycles. The zero-order chi connectivity index (χ0) is 24.2. The first-order chi connectivity index (χ1) is 16.6. The predicted molar refractivity (Wildman–Crippen MR) is 136 cm³/mol. The largest absolute Gasteiger partial charge is 0.490 e. The molecule has 0 saturated carbocycles. The van der Waals surface area contributed by atoms with E-state index in [2.05, 4.69) is 65.8 Å². The Morgan fingerprint density at radius 2 is 1.65 bits per heavy atom. The Morgan fingerprint density at radius 3 is 2.35 bits per heavy atom. The highest BCUT2D eigenvalue weighted by Gasteiger charge is 2.10. The fourth-order valence-corrected chi connectivity index (χ4v) is 3.62. The van der Waals surface area contributed by atoms with Crippen molar-refractivity contribution in [2.45, 2.75) is 40.2 Å². The fraction of sp³-hybridized carbons (Fsp3) is 0.370. The van der Waals surface area contributed by atoms with Gasteiger partial charge >= 0.3 is 0 Å². The Kier molecular flexibility index (Phi) is 9.98. The Labute approximate surface area is 202 Å². The summed E-state index contributed by atoms with van der Waals surface area (Å²) in [5.74, 6) is 1.53. The molecule has 0 aliphatic rings. The van der Waals surface area contributed by atoms with Gasteiger partial charge in [-0.15, -0.1) is 0 Å². The second kappa shape index (κ2) is 13.4. The number of pyridine rings is 1. The van der Waals surface area contributed by atoms with Crippen LogP contribution in [0.4, 0.5) is 15.9 Å². The summed E-state index contributed by atoms with van der Waals surface area (Å²) >= 11 is 0. The minimum Gasteiger partial charge on any atom is -0.490 e. The van der Waals surface area contributed by atoms with Gasteiger partial charge in [-0.1, -0.05) is 43.7 Å². The van der Waals surface area contributed by atoms with Gasteiger partial charge in [-0.05, 0) is 49.6 Å². The van der Waals surface area contributed by atoms with Crippen LogP contribution in [0.5, 0.6) is 11.6 Å². The summed E-state index contributed by atoms with van der Waals surface area (Å²) < 4.78 is 24.6. The lowest BCUT2D eigenvalue weighted by atomic mass is 10.1. The quantitative estimate of drug-likeness (QED) is 0.234. The SMILES string of the molecule is CCCN(CCC)c1cc(NNCc2cccc(C)c2)nc(OCCOc2ccc(F)cc2)c1. The molecule has 7 heteroatoms. The molecule has 0 radical (unpaired) electrons. The lowest BCUT2D eigenvalue weighted by Crippen LogP contribution is -2.26. The van der Waals surface area contributed by atoms with Crippen LogP contribution in [-0.2, 0) is 6.54 Å². The van der Waals surface area contributed by atoms with E-state index in [1.807, 2.05) is 12.1 Å². The number of hydrazine groups is 1. The van der Waals surface area contributed by atoms with Crippen LogP contribution in [0.15, 0.2) is 60.7 Å². The molecule has 1 heterocycles. The molecule has 0 fully saturated rings. The van der Waals surface area contributed by atoms with Gasteiger partial charge in [0, 0.05) is 37.5 Å². The number of halogens is 1. The maximum absolute atomic E-state index is 13.0. The molecule has 182 valence electrons. The number of nitrogens with one attached hydrogen (secondary N) is 2. The van der Waals surface area contributed by atoms with Crippen LogP contribution in [0.3, 0.4) is 0 Å². The number of rotatable bonds is 14. The van der Waals surface area contributed by atoms with E-state index in [4.69, 9.17) is 9.47 Å². The van der Waals surface area contributed by atoms with E-state index >= 15 is 0 Å². The highest BCUT2D eigenvalue weighted by Crippen LogP contribution is 2.24. The molecule has 0 aliphatic heterocycles. The first-order valence-electron chi connectivity index (χ1n) is 11.9. The predicted octanol–water partition coefficient (Wildman–Crippen LogP) is 5.73. The van der Waals surface area contributed by atoms with Gasteiger partial charge in [0.05, 0.1) is 0 Å². The van der Waals surface area contributed by atoms with Crippen molar-refractivity contribution in [2.24, 2.45) is 0 Å². The Morgan fingerprint density at radius 1 is 0.912 bits per heavy atom. The normalized spacial score (nSPS) is 10.7. The summed E-state index contributed by atoms with van der Waals surface area (Å²) in [5, 5.41) is 0. The third kappa shape index (κ3) is 8.23. The molecule has 0 saturated heterocycles. The molecule has 34 heavy (non-hydrogen) atoms. The van der Waals surface area contributed by atoms with Gasteiger partial charge in [0.2, 0.25) is 5.88 Å². The van der Waals surface area contributed by atoms with Gasteiger partial charge in [0.1, 0.15) is 30.6 Å². The molecule has 1 aromatic heterocycles. The van der Waals surface area contributed by atoms with Crippen LogP contribution in [-0.4, -0.2) is 31.3 Å². The monoisotopic (exact) mass is 466 g/mol. The van der Waals surface area contributed by atoms with Crippen molar-refractivity contribution < 1.29 is 13.9 Å². The van der Waals surface area contributed by atoms with Crippen molar-refractivity contribution in [3.8, 4) is 11.6 Å². The number of benzene rings is 2. The summed E-state index contributed by atoms with van der Waals surface area (Å²) in [6.07, 6.45) is 2.11. The van der Waals surface area contributed by atoms with Crippen molar-refractivity contribution in [3.05, 3.63) is 77.6 Å². The zero-order valence-corrected chi connectivity index (χ0v) is 20.3. The molecule has 3 aromatic rings. The average Bonchev–Trinajstić information content (AvgIpc) is 2.83. The van der Waals surface area contributed by atoms with Crippen molar-refractivity contribution in [3.63, 3.8) is 0 Å². The van der Waals surface area contributed by atoms with Crippen LogP contribution in [0.2, 0.25) is 0 Å². The minimum atomic E-state index is -0.288. The maximum Gasteiger partial charge on any atom is 0.217 e. The second-order valence-electron chi connectivity index (χ2n) is 8.15. The number of aromatic nitrogens is 1. The highest BCUT2D eigenvalue weighted by atomic mass is 19.1. The van der Waals surface area contributed by atoms with E-state index in [9.17, 15) is 4.39 Å². The average molecular weight is 467 g/mol. The summed E-state index contributed by atoms with van der Waals surface area (Å²) in [6.45, 7) is 9.69. The van der Waals surface area contributed by atoms with E-state index in [0.29, 0.717) is 37.2 Å². The van der Waals surface area contributed by atoms with E-state index < -0.39 is 0 Å². The molecule has 0 spiro atoms. The lowest BCUT2D eigenvalue weighted by molar-refractivity contribution is 0.212. The third-order valence-electron chi connectivity index (χ3n) is 5.15. The van der Waals surface area contributed by atoms with Crippen LogP contribution < -0.4 is 25.2 Å². The van der Waals surface area contributed by atoms with Gasteiger partial charge in [-0.25, -0.2) is 9.82 Å². The number of nitrogens with zero attached hydrogens (tertiary/aromatic N) is 2. The van der Waals surface area contributed by atoms with Crippen molar-refractivity contribution in [1.82, 2.24) is 10.4 Å². The molecular formula is C27H35FN4O2. The summed E-state index contributed by atoms with van der Waals surface area (Å²) in [5.41, 5.74) is 9.96. The van der Waals surface area contributed by atoms with E-state index in [1.54, 1.807) is 12.1 Å². The second-order valence-corrected chi connectivity index (χ2v) is 8.15. The van der Waals surface area contributed by atoms with Gasteiger partial charge in [0.25, 0.3) is 0 Å². The fourth-order valence-electron chi connectivity index (χ4n) is 3.62. The number of hydrogen-bond acceptors (Lipinski definition) is 6. The Balaban J connectivity index is 1.64. The van der Waals surface area contributed by atoms with Crippen molar-refractivity contribution >= 4 is 11.5 Å². The van der Waals surface area contributed by atoms with E-state index in [0.717, 1.165) is 31.6 Å². The van der Waals surface area contributed by atoms with Crippen molar-refractivity contribution in [2.75, 3.05) is 36.6 Å². The molecule has 6 nitrogen and oxygen atoms in total. The number of hydrogen-bond donors (Lipinski definition) is 2. The number of anilines is 2. The summed E-state index contributed by atoms with van der Waals surface area (Å²) in [6, 6.07) is 18.3. The van der Waals surface area contributed by atoms with Crippen LogP contribution >= 0.6 is 0 Å². The molecule has 0 bridgehead atoms. The summed E-state index contributed by atoms with van der Waals surface area (Å²) in [4.78, 5) is 6.96. The topological polar surface area (TPSA) is 58.7 Å². The number of ether oxygens (including phenoxy) is 2. The van der Waals surface area contributed by atoms with E-state index in [-0.39, 0.29) is 5.82 Å². The minimum absolute atomic E-state index is 0.288. The summed E-state index contributed by atoms with van der Waals surface area (Å²) in [7, 11) is 0. The lowest BCUT2D eigenvalue weighted by Gasteiger charge is -2.25. The molecule has 2 N–H and O–H groups in total. The van der Waals surface area contributed by atoms with Gasteiger partial charge in [-0.3, -0.25) is 0 Å². The Bertz CT molecular complexity index is 1010. The first kappa shape index (κ1) is 25.3. The van der Waals surface area contributed by atoms with E-state index in [1.165, 1.54) is 23.3 Å². The number of aryl methyl sites for hydroxylation is 1. The third-order valence-corrected chi connectivity index (χ3v) is 5.15. The van der Waals surface area contributed by atoms with Crippen molar-refractivity contribution in [1.29, 1.82) is 0 Å². The Hall–Kier alpha value is -3.32. The molecule has 0 unspecified atom stereocenters. The molecular weight excluding hydrogens is 431 g/mol. The first-order valence-corrected chi connectivity index (χ1v) is 11.9. The molecule has 0 atom stereocenters. The van der Waals surface area contributed by atoms with Crippen LogP contribution in [0.25, 0.3) is 0 Å². The van der Waals surface area contributed by atoms with Gasteiger partial charge < -0.3 is 19.8 Å². The van der Waals surface area contributed by atoms with Gasteiger partial charge in [-0.2, -0.15) is 4.98 Å². The molecule has 0 amide bonds. The smallest absolute Gasteiger partial charge is 0.217 e. The maximum atomic E-state index is 13.0. The van der Waals surface area contributed by atoms with Crippen LogP contribution in [0.1, 0.15) is 37.8 Å². The highest BCUT2D eigenvalue weighted by molar-refractivity contribution is 5.56. The standard InChI is InChI=1S/C27H35FN4O2/c1-4-13-32(14-5-2)24-18-26(31-29-20-22-8-6-7-21(3)17-22)30-27(19-24)34-16-15-33-25-11-9-23(28)10-12-25/h6-12,17-19,29H,4-5,13-16,20H2,1-3H3,(H,30,31). The zero-order valence-electron chi connectivity index (χ0n) is 20.3. The van der Waals surface area contributed by atoms with Gasteiger partial charge in [0.15, 0.2) is 0 Å². The molecule has 3 rings (SSSR count). The molecule has 2 aromatic carbocycles.